The minimum atomic E-state index is -0.496. The molecule has 0 radical (unpaired) electrons. The lowest BCUT2D eigenvalue weighted by atomic mass is 9.96. The lowest BCUT2D eigenvalue weighted by Gasteiger charge is -2.22. The largest absolute Gasteiger partial charge is 0.373 e. The average Bonchev–Trinajstić information content (AvgIpc) is 3.33. The lowest BCUT2D eigenvalue weighted by molar-refractivity contribution is -0.128. The van der Waals surface area contributed by atoms with Gasteiger partial charge in [-0.2, -0.15) is 5.10 Å². The Labute approximate surface area is 151 Å². The number of hydrogen-bond acceptors (Lipinski definition) is 4. The van der Waals surface area contributed by atoms with Crippen LogP contribution in [0.2, 0.25) is 0 Å². The zero-order valence-corrected chi connectivity index (χ0v) is 14.7. The van der Waals surface area contributed by atoms with Gasteiger partial charge in [-0.3, -0.25) is 14.4 Å². The standard InChI is InChI=1S/C19H22N4O3/c1-22-11-15(10-20-22)17-14(7-8-26-17)12-23-18(24)16(21-19(23)25)9-13-5-3-2-4-6-13/h2-6,10-11,14,16-17H,7-9,12H2,1H3,(H,21,25)/t14-,16?,17+/m0/s1. The van der Waals surface area contributed by atoms with Crippen LogP contribution < -0.4 is 5.32 Å². The number of nitrogens with one attached hydrogen (secondary N) is 1. The van der Waals surface area contributed by atoms with E-state index in [4.69, 9.17) is 4.74 Å². The monoisotopic (exact) mass is 354 g/mol. The number of carbonyl (C=O) groups excluding carboxylic acids is 2. The van der Waals surface area contributed by atoms with Gasteiger partial charge in [0.25, 0.3) is 5.91 Å². The smallest absolute Gasteiger partial charge is 0.324 e. The Hall–Kier alpha value is -2.67. The topological polar surface area (TPSA) is 76.5 Å². The number of aromatic nitrogens is 2. The van der Waals surface area contributed by atoms with Gasteiger partial charge in [0.05, 0.1) is 12.3 Å². The van der Waals surface area contributed by atoms with Crippen LogP contribution in [0.3, 0.4) is 0 Å². The van der Waals surface area contributed by atoms with Crippen LogP contribution in [0.1, 0.15) is 23.7 Å². The molecule has 136 valence electrons. The number of nitrogens with zero attached hydrogens (tertiary/aromatic N) is 3. The van der Waals surface area contributed by atoms with Crippen molar-refractivity contribution in [2.24, 2.45) is 13.0 Å². The summed E-state index contributed by atoms with van der Waals surface area (Å²) in [6, 6.07) is 8.92. The molecule has 0 spiro atoms. The van der Waals surface area contributed by atoms with Crippen molar-refractivity contribution in [3.63, 3.8) is 0 Å². The van der Waals surface area contributed by atoms with Gasteiger partial charge in [0.1, 0.15) is 6.04 Å². The molecule has 2 aliphatic heterocycles. The molecule has 0 saturated carbocycles. The Morgan fingerprint density at radius 3 is 2.81 bits per heavy atom. The van der Waals surface area contributed by atoms with Crippen molar-refractivity contribution >= 4 is 11.9 Å². The van der Waals surface area contributed by atoms with E-state index in [9.17, 15) is 9.59 Å². The zero-order chi connectivity index (χ0) is 18.1. The van der Waals surface area contributed by atoms with Gasteiger partial charge in [0.15, 0.2) is 0 Å². The van der Waals surface area contributed by atoms with E-state index in [0.29, 0.717) is 19.6 Å². The molecule has 1 N–H and O–H groups in total. The Balaban J connectivity index is 1.44. The quantitative estimate of drug-likeness (QED) is 0.829. The first-order valence-electron chi connectivity index (χ1n) is 8.88. The van der Waals surface area contributed by atoms with Gasteiger partial charge in [-0.05, 0) is 12.0 Å². The third-order valence-electron chi connectivity index (χ3n) is 5.07. The highest BCUT2D eigenvalue weighted by atomic mass is 16.5. The molecule has 7 nitrogen and oxygen atoms in total. The van der Waals surface area contributed by atoms with Crippen molar-refractivity contribution < 1.29 is 14.3 Å². The Morgan fingerprint density at radius 1 is 1.27 bits per heavy atom. The molecule has 3 atom stereocenters. The highest BCUT2D eigenvalue weighted by Crippen LogP contribution is 2.35. The predicted octanol–water partition coefficient (Wildman–Crippen LogP) is 1.66. The van der Waals surface area contributed by atoms with Crippen LogP contribution in [0.25, 0.3) is 0 Å². The van der Waals surface area contributed by atoms with E-state index in [-0.39, 0.29) is 24.0 Å². The normalized spacial score (nSPS) is 25.7. The summed E-state index contributed by atoms with van der Waals surface area (Å²) in [4.78, 5) is 26.4. The maximum Gasteiger partial charge on any atom is 0.324 e. The minimum absolute atomic E-state index is 0.0874. The summed E-state index contributed by atoms with van der Waals surface area (Å²) in [7, 11) is 1.86. The van der Waals surface area contributed by atoms with Gasteiger partial charge in [-0.1, -0.05) is 30.3 Å². The Kier molecular flexibility index (Phi) is 4.46. The fourth-order valence-electron chi connectivity index (χ4n) is 3.75. The number of aryl methyl sites for hydroxylation is 1. The van der Waals surface area contributed by atoms with Crippen molar-refractivity contribution in [1.82, 2.24) is 20.0 Å². The highest BCUT2D eigenvalue weighted by Gasteiger charge is 2.41. The van der Waals surface area contributed by atoms with Crippen molar-refractivity contribution in [2.75, 3.05) is 13.2 Å². The molecule has 3 amide bonds. The van der Waals surface area contributed by atoms with Crippen LogP contribution in [0, 0.1) is 5.92 Å². The summed E-state index contributed by atoms with van der Waals surface area (Å²) in [6.45, 7) is 0.997. The summed E-state index contributed by atoms with van der Waals surface area (Å²) in [6.07, 6.45) is 4.91. The van der Waals surface area contributed by atoms with Gasteiger partial charge < -0.3 is 10.1 Å². The molecule has 0 aliphatic carbocycles. The summed E-state index contributed by atoms with van der Waals surface area (Å²) in [5, 5.41) is 7.01. The van der Waals surface area contributed by atoms with E-state index < -0.39 is 6.04 Å². The van der Waals surface area contributed by atoms with E-state index in [1.807, 2.05) is 43.6 Å². The summed E-state index contributed by atoms with van der Waals surface area (Å²) >= 11 is 0. The average molecular weight is 354 g/mol. The molecular formula is C19H22N4O3. The number of amides is 3. The third-order valence-corrected chi connectivity index (χ3v) is 5.07. The van der Waals surface area contributed by atoms with Crippen molar-refractivity contribution in [1.29, 1.82) is 0 Å². The van der Waals surface area contributed by atoms with Gasteiger partial charge in [0.2, 0.25) is 0 Å². The van der Waals surface area contributed by atoms with E-state index in [0.717, 1.165) is 17.5 Å². The van der Waals surface area contributed by atoms with Gasteiger partial charge >= 0.3 is 6.03 Å². The van der Waals surface area contributed by atoms with Crippen molar-refractivity contribution in [3.05, 3.63) is 53.9 Å². The molecule has 2 fully saturated rings. The second kappa shape index (κ2) is 6.92. The van der Waals surface area contributed by atoms with Crippen LogP contribution >= 0.6 is 0 Å². The van der Waals surface area contributed by atoms with E-state index in [2.05, 4.69) is 10.4 Å². The van der Waals surface area contributed by atoms with Gasteiger partial charge in [0, 0.05) is 44.3 Å². The Morgan fingerprint density at radius 2 is 2.08 bits per heavy atom. The van der Waals surface area contributed by atoms with Crippen LogP contribution in [0.15, 0.2) is 42.7 Å². The first-order chi connectivity index (χ1) is 12.6. The maximum absolute atomic E-state index is 12.7. The molecule has 2 aliphatic rings. The maximum atomic E-state index is 12.7. The second-order valence-corrected chi connectivity index (χ2v) is 6.93. The number of urea groups is 1. The molecule has 3 heterocycles. The van der Waals surface area contributed by atoms with Crippen molar-refractivity contribution in [3.8, 4) is 0 Å². The van der Waals surface area contributed by atoms with Crippen molar-refractivity contribution in [2.45, 2.75) is 25.0 Å². The number of rotatable bonds is 5. The van der Waals surface area contributed by atoms with Crippen LogP contribution in [-0.4, -0.2) is 45.8 Å². The zero-order valence-electron chi connectivity index (χ0n) is 14.7. The van der Waals surface area contributed by atoms with E-state index >= 15 is 0 Å². The lowest BCUT2D eigenvalue weighted by Crippen LogP contribution is -2.37. The summed E-state index contributed by atoms with van der Waals surface area (Å²) in [5.74, 6) is -0.0694. The molecule has 2 saturated heterocycles. The Bertz CT molecular complexity index is 804. The fourth-order valence-corrected chi connectivity index (χ4v) is 3.75. The van der Waals surface area contributed by atoms with E-state index in [1.165, 1.54) is 4.90 Å². The number of hydrogen-bond donors (Lipinski definition) is 1. The van der Waals surface area contributed by atoms with Gasteiger partial charge in [-0.25, -0.2) is 4.79 Å². The van der Waals surface area contributed by atoms with Gasteiger partial charge in [-0.15, -0.1) is 0 Å². The minimum Gasteiger partial charge on any atom is -0.373 e. The summed E-state index contributed by atoms with van der Waals surface area (Å²) in [5.41, 5.74) is 2.02. The molecule has 1 aromatic heterocycles. The molecular weight excluding hydrogens is 332 g/mol. The van der Waals surface area contributed by atoms with Crippen LogP contribution in [-0.2, 0) is 23.0 Å². The molecule has 0 bridgehead atoms. The molecule has 7 heteroatoms. The van der Waals surface area contributed by atoms with E-state index in [1.54, 1.807) is 10.9 Å². The van der Waals surface area contributed by atoms with Crippen LogP contribution in [0.5, 0.6) is 0 Å². The number of carbonyl (C=O) groups is 2. The third kappa shape index (κ3) is 3.22. The molecule has 1 unspecified atom stereocenters. The molecule has 1 aromatic carbocycles. The first kappa shape index (κ1) is 16.8. The number of ether oxygens (including phenoxy) is 1. The molecule has 2 aromatic rings. The predicted molar refractivity (Wildman–Crippen MR) is 94.2 cm³/mol. The first-order valence-corrected chi connectivity index (χ1v) is 8.88. The molecule has 26 heavy (non-hydrogen) atoms. The SMILES string of the molecule is Cn1cc([C@@H]2OCC[C@H]2CN2C(=O)NC(Cc3ccccc3)C2=O)cn1. The summed E-state index contributed by atoms with van der Waals surface area (Å²) < 4.78 is 7.58. The number of benzene rings is 1. The number of imide groups is 1. The second-order valence-electron chi connectivity index (χ2n) is 6.93. The van der Waals surface area contributed by atoms with Crippen LogP contribution in [0.4, 0.5) is 4.79 Å². The highest BCUT2D eigenvalue weighted by molar-refractivity contribution is 6.04. The fraction of sp³-hybridized carbons (Fsp3) is 0.421. The molecule has 4 rings (SSSR count).